The molecule has 0 fully saturated rings. The molecule has 1 unspecified atom stereocenters. The van der Waals surface area contributed by atoms with Gasteiger partial charge in [0.15, 0.2) is 0 Å². The molecule has 0 heterocycles. The molecule has 0 saturated carbocycles. The molecule has 0 rings (SSSR count). The maximum absolute atomic E-state index is 3.40. The normalized spacial score (nSPS) is 13.8. The minimum atomic E-state index is 0.842. The van der Waals surface area contributed by atoms with Crippen molar-refractivity contribution < 1.29 is 0 Å². The van der Waals surface area contributed by atoms with Crippen LogP contribution in [0.15, 0.2) is 0 Å². The van der Waals surface area contributed by atoms with Gasteiger partial charge in [0.05, 0.1) is 0 Å². The average molecular weight is 171 g/mol. The molecule has 0 spiro atoms. The smallest absolute Gasteiger partial charge is 0.00232 e. The predicted molar refractivity (Wildman–Crippen MR) is 56.4 cm³/mol. The molecule has 0 aliphatic carbocycles. The van der Waals surface area contributed by atoms with E-state index in [1.165, 1.54) is 25.8 Å². The van der Waals surface area contributed by atoms with Crippen molar-refractivity contribution in [1.29, 1.82) is 0 Å². The van der Waals surface area contributed by atoms with Gasteiger partial charge in [0.25, 0.3) is 0 Å². The number of rotatable bonds is 7. The summed E-state index contributed by atoms with van der Waals surface area (Å²) in [7, 11) is 0. The second-order valence-electron chi connectivity index (χ2n) is 3.83. The quantitative estimate of drug-likeness (QED) is 0.621. The minimum absolute atomic E-state index is 0.842. The van der Waals surface area contributed by atoms with Crippen molar-refractivity contribution >= 4 is 0 Å². The van der Waals surface area contributed by atoms with Gasteiger partial charge in [-0.1, -0.05) is 40.5 Å². The molecule has 0 saturated heterocycles. The van der Waals surface area contributed by atoms with Crippen LogP contribution in [-0.2, 0) is 0 Å². The first kappa shape index (κ1) is 12.0. The van der Waals surface area contributed by atoms with E-state index in [1.807, 2.05) is 0 Å². The molecular weight excluding hydrogens is 146 g/mol. The largest absolute Gasteiger partial charge is 0.317 e. The van der Waals surface area contributed by atoms with Gasteiger partial charge in [0, 0.05) is 0 Å². The summed E-state index contributed by atoms with van der Waals surface area (Å²) in [5.41, 5.74) is 0. The maximum atomic E-state index is 3.40. The Morgan fingerprint density at radius 1 is 1.08 bits per heavy atom. The Labute approximate surface area is 77.9 Å². The second-order valence-corrected chi connectivity index (χ2v) is 3.83. The van der Waals surface area contributed by atoms with Crippen molar-refractivity contribution in [3.8, 4) is 0 Å². The van der Waals surface area contributed by atoms with Crippen LogP contribution in [0.25, 0.3) is 0 Å². The zero-order valence-corrected chi connectivity index (χ0v) is 9.19. The third-order valence-electron chi connectivity index (χ3n) is 2.63. The number of nitrogens with one attached hydrogen (secondary N) is 1. The molecule has 1 heteroatoms. The van der Waals surface area contributed by atoms with Crippen LogP contribution in [0.5, 0.6) is 0 Å². The first-order valence-corrected chi connectivity index (χ1v) is 5.45. The van der Waals surface area contributed by atoms with Crippen LogP contribution in [0, 0.1) is 11.8 Å². The fourth-order valence-electron chi connectivity index (χ4n) is 1.67. The van der Waals surface area contributed by atoms with Gasteiger partial charge in [-0.2, -0.15) is 0 Å². The Kier molecular flexibility index (Phi) is 7.58. The van der Waals surface area contributed by atoms with Crippen LogP contribution in [0.1, 0.15) is 47.0 Å². The lowest BCUT2D eigenvalue weighted by molar-refractivity contribution is 0.360. The van der Waals surface area contributed by atoms with Gasteiger partial charge < -0.3 is 5.32 Å². The minimum Gasteiger partial charge on any atom is -0.317 e. The van der Waals surface area contributed by atoms with Crippen molar-refractivity contribution in [3.05, 3.63) is 0 Å². The average Bonchev–Trinajstić information content (AvgIpc) is 2.10. The fraction of sp³-hybridized carbons (Fsp3) is 1.00. The molecular formula is C11H25N. The van der Waals surface area contributed by atoms with E-state index in [0.29, 0.717) is 0 Å². The van der Waals surface area contributed by atoms with E-state index >= 15 is 0 Å². The summed E-state index contributed by atoms with van der Waals surface area (Å²) in [5.74, 6) is 1.79. The van der Waals surface area contributed by atoms with Gasteiger partial charge >= 0.3 is 0 Å². The Bertz CT molecular complexity index is 87.0. The lowest BCUT2D eigenvalue weighted by Gasteiger charge is -2.18. The van der Waals surface area contributed by atoms with E-state index < -0.39 is 0 Å². The second kappa shape index (κ2) is 7.60. The third kappa shape index (κ3) is 5.59. The molecule has 1 nitrogen and oxygen atoms in total. The van der Waals surface area contributed by atoms with Gasteiger partial charge in [-0.3, -0.25) is 0 Å². The SMILES string of the molecule is CCNCC(C)CC(CC)CC. The van der Waals surface area contributed by atoms with Crippen molar-refractivity contribution in [3.63, 3.8) is 0 Å². The van der Waals surface area contributed by atoms with E-state index in [4.69, 9.17) is 0 Å². The van der Waals surface area contributed by atoms with Gasteiger partial charge in [-0.05, 0) is 31.3 Å². The topological polar surface area (TPSA) is 12.0 Å². The Hall–Kier alpha value is -0.0400. The molecule has 0 aromatic carbocycles. The zero-order valence-electron chi connectivity index (χ0n) is 9.19. The summed E-state index contributed by atoms with van der Waals surface area (Å²) in [5, 5.41) is 3.40. The highest BCUT2D eigenvalue weighted by Crippen LogP contribution is 2.17. The van der Waals surface area contributed by atoms with Crippen LogP contribution >= 0.6 is 0 Å². The van der Waals surface area contributed by atoms with E-state index in [-0.39, 0.29) is 0 Å². The summed E-state index contributed by atoms with van der Waals surface area (Å²) in [6, 6.07) is 0. The van der Waals surface area contributed by atoms with E-state index in [2.05, 4.69) is 33.0 Å². The molecule has 0 amide bonds. The summed E-state index contributed by atoms with van der Waals surface area (Å²) in [4.78, 5) is 0. The van der Waals surface area contributed by atoms with Crippen molar-refractivity contribution in [2.75, 3.05) is 13.1 Å². The fourth-order valence-corrected chi connectivity index (χ4v) is 1.67. The summed E-state index contributed by atoms with van der Waals surface area (Å²) >= 11 is 0. The van der Waals surface area contributed by atoms with Gasteiger partial charge in [-0.25, -0.2) is 0 Å². The lowest BCUT2D eigenvalue weighted by atomic mass is 9.92. The summed E-state index contributed by atoms with van der Waals surface area (Å²) in [6.07, 6.45) is 4.07. The van der Waals surface area contributed by atoms with Gasteiger partial charge in [0.2, 0.25) is 0 Å². The van der Waals surface area contributed by atoms with Crippen molar-refractivity contribution in [1.82, 2.24) is 5.32 Å². The summed E-state index contributed by atoms with van der Waals surface area (Å²) < 4.78 is 0. The highest BCUT2D eigenvalue weighted by atomic mass is 14.8. The Morgan fingerprint density at radius 2 is 1.67 bits per heavy atom. The molecule has 0 radical (unpaired) electrons. The van der Waals surface area contributed by atoms with Crippen LogP contribution in [-0.4, -0.2) is 13.1 Å². The lowest BCUT2D eigenvalue weighted by Crippen LogP contribution is -2.22. The van der Waals surface area contributed by atoms with Gasteiger partial charge in [0.1, 0.15) is 0 Å². The predicted octanol–water partition coefficient (Wildman–Crippen LogP) is 3.06. The third-order valence-corrected chi connectivity index (χ3v) is 2.63. The number of hydrogen-bond acceptors (Lipinski definition) is 1. The van der Waals surface area contributed by atoms with E-state index in [9.17, 15) is 0 Å². The molecule has 0 aliphatic heterocycles. The van der Waals surface area contributed by atoms with Crippen LogP contribution in [0.4, 0.5) is 0 Å². The molecule has 74 valence electrons. The molecule has 1 atom stereocenters. The molecule has 0 aromatic heterocycles. The zero-order chi connectivity index (χ0) is 9.40. The monoisotopic (exact) mass is 171 g/mol. The molecule has 0 aliphatic rings. The van der Waals surface area contributed by atoms with Crippen molar-refractivity contribution in [2.24, 2.45) is 11.8 Å². The summed E-state index contributed by atoms with van der Waals surface area (Å²) in [6.45, 7) is 11.4. The van der Waals surface area contributed by atoms with Crippen LogP contribution < -0.4 is 5.32 Å². The van der Waals surface area contributed by atoms with Gasteiger partial charge in [-0.15, -0.1) is 0 Å². The highest BCUT2D eigenvalue weighted by molar-refractivity contribution is 4.62. The van der Waals surface area contributed by atoms with Crippen molar-refractivity contribution in [2.45, 2.75) is 47.0 Å². The Morgan fingerprint density at radius 3 is 2.08 bits per heavy atom. The molecule has 0 aromatic rings. The maximum Gasteiger partial charge on any atom is -0.00232 e. The first-order chi connectivity index (χ1) is 5.74. The number of hydrogen-bond donors (Lipinski definition) is 1. The molecule has 1 N–H and O–H groups in total. The molecule has 12 heavy (non-hydrogen) atoms. The van der Waals surface area contributed by atoms with Crippen LogP contribution in [0.2, 0.25) is 0 Å². The molecule has 0 bridgehead atoms. The first-order valence-electron chi connectivity index (χ1n) is 5.45. The van der Waals surface area contributed by atoms with E-state index in [1.54, 1.807) is 0 Å². The van der Waals surface area contributed by atoms with Crippen LogP contribution in [0.3, 0.4) is 0 Å². The van der Waals surface area contributed by atoms with E-state index in [0.717, 1.165) is 18.4 Å². The standard InChI is InChI=1S/C11H25N/c1-5-11(6-2)8-10(4)9-12-7-3/h10-12H,5-9H2,1-4H3. The highest BCUT2D eigenvalue weighted by Gasteiger charge is 2.08. The Balaban J connectivity index is 3.44.